The molecule has 0 saturated heterocycles. The van der Waals surface area contributed by atoms with Crippen LogP contribution in [-0.2, 0) is 7.05 Å². The smallest absolute Gasteiger partial charge is 0.255 e. The predicted molar refractivity (Wildman–Crippen MR) is 87.9 cm³/mol. The molecule has 23 heavy (non-hydrogen) atoms. The molecule has 0 spiro atoms. The third-order valence-corrected chi connectivity index (χ3v) is 3.78. The van der Waals surface area contributed by atoms with Crippen LogP contribution in [0.5, 0.6) is 0 Å². The van der Waals surface area contributed by atoms with Crippen molar-refractivity contribution in [2.24, 2.45) is 7.05 Å². The van der Waals surface area contributed by atoms with Gasteiger partial charge < -0.3 is 5.32 Å². The van der Waals surface area contributed by atoms with Gasteiger partial charge in [-0.3, -0.25) is 14.5 Å². The number of carbonyl (C=O) groups excluding carboxylic acids is 1. The largest absolute Gasteiger partial charge is 0.341 e. The molecule has 0 aliphatic rings. The summed E-state index contributed by atoms with van der Waals surface area (Å²) in [5, 5.41) is 7.15. The SMILES string of the molecule is Cc1ccccc1[C@@H](NC(=O)c1cnn(C)c1)c1ccncc1. The molecule has 2 aromatic heterocycles. The van der Waals surface area contributed by atoms with Crippen LogP contribution in [0.2, 0.25) is 0 Å². The summed E-state index contributed by atoms with van der Waals surface area (Å²) in [6.07, 6.45) is 6.74. The lowest BCUT2D eigenvalue weighted by molar-refractivity contribution is 0.0943. The van der Waals surface area contributed by atoms with Crippen LogP contribution in [0.3, 0.4) is 0 Å². The first kappa shape index (κ1) is 15.0. The van der Waals surface area contributed by atoms with E-state index >= 15 is 0 Å². The van der Waals surface area contributed by atoms with E-state index in [1.807, 2.05) is 43.3 Å². The highest BCUT2D eigenvalue weighted by molar-refractivity contribution is 5.94. The van der Waals surface area contributed by atoms with Gasteiger partial charge in [-0.05, 0) is 35.7 Å². The fourth-order valence-electron chi connectivity index (χ4n) is 2.56. The summed E-state index contributed by atoms with van der Waals surface area (Å²) in [7, 11) is 1.79. The summed E-state index contributed by atoms with van der Waals surface area (Å²) in [4.78, 5) is 16.6. The number of hydrogen-bond donors (Lipinski definition) is 1. The van der Waals surface area contributed by atoms with Crippen molar-refractivity contribution in [1.29, 1.82) is 0 Å². The van der Waals surface area contributed by atoms with E-state index < -0.39 is 0 Å². The maximum atomic E-state index is 12.5. The minimum Gasteiger partial charge on any atom is -0.341 e. The van der Waals surface area contributed by atoms with Gasteiger partial charge in [-0.1, -0.05) is 24.3 Å². The Balaban J connectivity index is 1.96. The number of nitrogens with one attached hydrogen (secondary N) is 1. The molecular formula is C18H18N4O. The molecule has 0 aliphatic heterocycles. The molecule has 1 aromatic carbocycles. The van der Waals surface area contributed by atoms with E-state index in [2.05, 4.69) is 15.4 Å². The zero-order valence-corrected chi connectivity index (χ0v) is 13.1. The Kier molecular flexibility index (Phi) is 4.19. The second-order valence-electron chi connectivity index (χ2n) is 5.45. The zero-order chi connectivity index (χ0) is 16.2. The van der Waals surface area contributed by atoms with E-state index in [4.69, 9.17) is 0 Å². The highest BCUT2D eigenvalue weighted by Crippen LogP contribution is 2.24. The number of rotatable bonds is 4. The molecule has 3 rings (SSSR count). The third-order valence-electron chi connectivity index (χ3n) is 3.78. The Morgan fingerprint density at radius 1 is 1.17 bits per heavy atom. The van der Waals surface area contributed by atoms with Gasteiger partial charge in [0.2, 0.25) is 0 Å². The molecule has 1 atom stereocenters. The molecule has 0 saturated carbocycles. The Morgan fingerprint density at radius 3 is 2.57 bits per heavy atom. The molecule has 116 valence electrons. The Morgan fingerprint density at radius 2 is 1.91 bits per heavy atom. The lowest BCUT2D eigenvalue weighted by atomic mass is 9.95. The van der Waals surface area contributed by atoms with Crippen molar-refractivity contribution in [3.63, 3.8) is 0 Å². The number of carbonyl (C=O) groups is 1. The number of hydrogen-bond acceptors (Lipinski definition) is 3. The maximum Gasteiger partial charge on any atom is 0.255 e. The van der Waals surface area contributed by atoms with Gasteiger partial charge in [0, 0.05) is 25.6 Å². The van der Waals surface area contributed by atoms with Gasteiger partial charge in [-0.2, -0.15) is 5.10 Å². The number of benzene rings is 1. The van der Waals surface area contributed by atoms with E-state index in [0.29, 0.717) is 5.56 Å². The number of nitrogens with zero attached hydrogens (tertiary/aromatic N) is 3. The number of aromatic nitrogens is 3. The molecule has 0 bridgehead atoms. The van der Waals surface area contributed by atoms with Crippen LogP contribution in [-0.4, -0.2) is 20.7 Å². The van der Waals surface area contributed by atoms with E-state index in [9.17, 15) is 4.79 Å². The van der Waals surface area contributed by atoms with Crippen LogP contribution in [0.25, 0.3) is 0 Å². The van der Waals surface area contributed by atoms with Crippen LogP contribution in [0.4, 0.5) is 0 Å². The first-order valence-electron chi connectivity index (χ1n) is 7.40. The molecule has 0 fully saturated rings. The summed E-state index contributed by atoms with van der Waals surface area (Å²) in [5.74, 6) is -0.150. The summed E-state index contributed by atoms with van der Waals surface area (Å²) in [5.41, 5.74) is 3.73. The van der Waals surface area contributed by atoms with Crippen LogP contribution < -0.4 is 5.32 Å². The van der Waals surface area contributed by atoms with Crippen molar-refractivity contribution < 1.29 is 4.79 Å². The molecule has 2 heterocycles. The van der Waals surface area contributed by atoms with E-state index in [1.54, 1.807) is 36.5 Å². The fourth-order valence-corrected chi connectivity index (χ4v) is 2.56. The topological polar surface area (TPSA) is 59.8 Å². The second kappa shape index (κ2) is 6.44. The minimum atomic E-state index is -0.230. The number of amides is 1. The molecule has 1 N–H and O–H groups in total. The van der Waals surface area contributed by atoms with Gasteiger partial charge in [-0.15, -0.1) is 0 Å². The first-order valence-corrected chi connectivity index (χ1v) is 7.40. The molecule has 5 heteroatoms. The Labute approximate surface area is 135 Å². The lowest BCUT2D eigenvalue weighted by Gasteiger charge is -2.21. The number of aryl methyl sites for hydroxylation is 2. The molecule has 1 amide bonds. The zero-order valence-electron chi connectivity index (χ0n) is 13.1. The standard InChI is InChI=1S/C18H18N4O/c1-13-5-3-4-6-16(13)17(14-7-9-19-10-8-14)21-18(23)15-11-20-22(2)12-15/h3-12,17H,1-2H3,(H,21,23)/t17-/m0/s1. The highest BCUT2D eigenvalue weighted by Gasteiger charge is 2.19. The molecular weight excluding hydrogens is 288 g/mol. The highest BCUT2D eigenvalue weighted by atomic mass is 16.1. The lowest BCUT2D eigenvalue weighted by Crippen LogP contribution is -2.29. The average Bonchev–Trinajstić information content (AvgIpc) is 3.01. The minimum absolute atomic E-state index is 0.150. The quantitative estimate of drug-likeness (QED) is 0.806. The van der Waals surface area contributed by atoms with Crippen molar-refractivity contribution in [2.45, 2.75) is 13.0 Å². The molecule has 0 radical (unpaired) electrons. The summed E-state index contributed by atoms with van der Waals surface area (Å²) >= 11 is 0. The van der Waals surface area contributed by atoms with Gasteiger partial charge in [-0.25, -0.2) is 0 Å². The van der Waals surface area contributed by atoms with E-state index in [-0.39, 0.29) is 11.9 Å². The van der Waals surface area contributed by atoms with Crippen molar-refractivity contribution in [3.8, 4) is 0 Å². The van der Waals surface area contributed by atoms with Crippen molar-refractivity contribution in [1.82, 2.24) is 20.1 Å². The summed E-state index contributed by atoms with van der Waals surface area (Å²) in [6.45, 7) is 2.04. The Bertz CT molecular complexity index is 811. The molecule has 0 aliphatic carbocycles. The van der Waals surface area contributed by atoms with Gasteiger partial charge >= 0.3 is 0 Å². The van der Waals surface area contributed by atoms with Crippen molar-refractivity contribution in [3.05, 3.63) is 83.4 Å². The van der Waals surface area contributed by atoms with Crippen molar-refractivity contribution >= 4 is 5.91 Å². The maximum absolute atomic E-state index is 12.5. The van der Waals surface area contributed by atoms with Crippen LogP contribution in [0, 0.1) is 6.92 Å². The van der Waals surface area contributed by atoms with Crippen LogP contribution in [0.15, 0.2) is 61.2 Å². The average molecular weight is 306 g/mol. The van der Waals surface area contributed by atoms with Gasteiger partial charge in [0.1, 0.15) is 0 Å². The number of pyridine rings is 1. The molecule has 0 unspecified atom stereocenters. The molecule has 3 aromatic rings. The summed E-state index contributed by atoms with van der Waals surface area (Å²) in [6, 6.07) is 11.6. The van der Waals surface area contributed by atoms with E-state index in [1.165, 1.54) is 0 Å². The van der Waals surface area contributed by atoms with Gasteiger partial charge in [0.15, 0.2) is 0 Å². The Hall–Kier alpha value is -2.95. The molecule has 5 nitrogen and oxygen atoms in total. The monoisotopic (exact) mass is 306 g/mol. The van der Waals surface area contributed by atoms with Gasteiger partial charge in [0.25, 0.3) is 5.91 Å². The van der Waals surface area contributed by atoms with Crippen LogP contribution in [0.1, 0.15) is 33.1 Å². The normalized spacial score (nSPS) is 11.9. The predicted octanol–water partition coefficient (Wildman–Crippen LogP) is 2.64. The van der Waals surface area contributed by atoms with Crippen molar-refractivity contribution in [2.75, 3.05) is 0 Å². The summed E-state index contributed by atoms with van der Waals surface area (Å²) < 4.78 is 1.62. The first-order chi connectivity index (χ1) is 11.1. The third kappa shape index (κ3) is 3.29. The van der Waals surface area contributed by atoms with Gasteiger partial charge in [0.05, 0.1) is 17.8 Å². The van der Waals surface area contributed by atoms with Crippen LogP contribution >= 0.6 is 0 Å². The van der Waals surface area contributed by atoms with E-state index in [0.717, 1.165) is 16.7 Å². The fraction of sp³-hybridized carbons (Fsp3) is 0.167. The second-order valence-corrected chi connectivity index (χ2v) is 5.45.